The molecule has 0 aliphatic carbocycles. The van der Waals surface area contributed by atoms with E-state index in [2.05, 4.69) is 15.5 Å². The van der Waals surface area contributed by atoms with Crippen LogP contribution < -0.4 is 11.1 Å². The second kappa shape index (κ2) is 9.59. The van der Waals surface area contributed by atoms with E-state index >= 15 is 0 Å². The van der Waals surface area contributed by atoms with Crippen LogP contribution in [0.3, 0.4) is 0 Å². The van der Waals surface area contributed by atoms with Crippen molar-refractivity contribution in [2.45, 2.75) is 52.2 Å². The van der Waals surface area contributed by atoms with Crippen LogP contribution in [-0.4, -0.2) is 44.8 Å². The molecule has 158 valence electrons. The van der Waals surface area contributed by atoms with Gasteiger partial charge < -0.3 is 14.9 Å². The minimum absolute atomic E-state index is 0.0813. The number of aromatic nitrogens is 3. The molecule has 1 amide bonds. The number of nitrogens with one attached hydrogen (secondary N) is 1. The Kier molecular flexibility index (Phi) is 7.43. The Labute approximate surface area is 172 Å². The van der Waals surface area contributed by atoms with E-state index < -0.39 is 17.9 Å². The Hall–Kier alpha value is -2.82. The zero-order chi connectivity index (χ0) is 21.7. The van der Waals surface area contributed by atoms with Crippen LogP contribution in [0.5, 0.6) is 0 Å². The highest BCUT2D eigenvalue weighted by Gasteiger charge is 2.31. The summed E-state index contributed by atoms with van der Waals surface area (Å²) in [6, 6.07) is -0.736. The van der Waals surface area contributed by atoms with Gasteiger partial charge in [0.25, 0.3) is 0 Å². The van der Waals surface area contributed by atoms with Gasteiger partial charge in [-0.15, -0.1) is 10.2 Å². The molecule has 0 bridgehead atoms. The highest BCUT2D eigenvalue weighted by Crippen LogP contribution is 2.31. The van der Waals surface area contributed by atoms with Crippen LogP contribution in [0.2, 0.25) is 0 Å². The molecule has 0 aliphatic heterocycles. The number of nitrogens with two attached hydrogens (primary N) is 1. The summed E-state index contributed by atoms with van der Waals surface area (Å²) in [4.78, 5) is 37.4. The molecular weight excluding hydrogens is 398 g/mol. The molecule has 10 nitrogen and oxygen atoms in total. The number of ketones is 1. The minimum Gasteiger partial charge on any atom is -0.462 e. The van der Waals surface area contributed by atoms with E-state index in [1.165, 1.54) is 23.3 Å². The molecule has 0 fully saturated rings. The van der Waals surface area contributed by atoms with E-state index in [0.29, 0.717) is 11.6 Å². The standard InChI is InChI=1S/C18H25N5O5S/c1-6-11(23-17(19)21-22-18(23)29-8-3)14(25)20-15-13(16(26)27-7-2)12(9(4)24)10(5)28-15/h11H,6-8H2,1-5H3,(H2,19,21)(H,20,25). The smallest absolute Gasteiger partial charge is 0.344 e. The number of nitrogen functional groups attached to an aromatic ring is 1. The van der Waals surface area contributed by atoms with Gasteiger partial charge in [-0.3, -0.25) is 19.5 Å². The third kappa shape index (κ3) is 4.61. The maximum Gasteiger partial charge on any atom is 0.344 e. The molecule has 0 saturated carbocycles. The maximum absolute atomic E-state index is 13.0. The zero-order valence-corrected chi connectivity index (χ0v) is 17.9. The third-order valence-electron chi connectivity index (χ3n) is 4.12. The van der Waals surface area contributed by atoms with Gasteiger partial charge >= 0.3 is 5.97 Å². The summed E-state index contributed by atoms with van der Waals surface area (Å²) in [5.74, 6) is -0.681. The molecule has 0 saturated heterocycles. The summed E-state index contributed by atoms with van der Waals surface area (Å²) < 4.78 is 12.1. The van der Waals surface area contributed by atoms with Crippen molar-refractivity contribution in [3.8, 4) is 0 Å². The normalized spacial score (nSPS) is 11.9. The summed E-state index contributed by atoms with van der Waals surface area (Å²) in [5.41, 5.74) is 5.90. The molecule has 11 heteroatoms. The van der Waals surface area contributed by atoms with Crippen molar-refractivity contribution in [3.63, 3.8) is 0 Å². The molecule has 2 aromatic heterocycles. The number of ether oxygens (including phenoxy) is 1. The minimum atomic E-state index is -0.746. The fourth-order valence-corrected chi connectivity index (χ4v) is 3.66. The van der Waals surface area contributed by atoms with Crippen LogP contribution in [0.15, 0.2) is 9.57 Å². The van der Waals surface area contributed by atoms with E-state index in [1.807, 2.05) is 13.8 Å². The summed E-state index contributed by atoms with van der Waals surface area (Å²) in [7, 11) is 0. The number of hydrogen-bond donors (Lipinski definition) is 2. The van der Waals surface area contributed by atoms with Gasteiger partial charge in [0.2, 0.25) is 17.7 Å². The van der Waals surface area contributed by atoms with Crippen molar-refractivity contribution < 1.29 is 23.5 Å². The number of rotatable bonds is 9. The van der Waals surface area contributed by atoms with E-state index in [-0.39, 0.29) is 41.1 Å². The molecular formula is C18H25N5O5S. The van der Waals surface area contributed by atoms with Crippen LogP contribution in [0.1, 0.15) is 66.6 Å². The summed E-state index contributed by atoms with van der Waals surface area (Å²) >= 11 is 1.40. The van der Waals surface area contributed by atoms with Gasteiger partial charge in [-0.25, -0.2) is 4.79 Å². The largest absolute Gasteiger partial charge is 0.462 e. The number of carbonyl (C=O) groups is 3. The number of anilines is 2. The first kappa shape index (κ1) is 22.5. The topological polar surface area (TPSA) is 142 Å². The number of furan rings is 1. The van der Waals surface area contributed by atoms with Gasteiger partial charge in [0.05, 0.1) is 12.2 Å². The maximum atomic E-state index is 13.0. The van der Waals surface area contributed by atoms with Crippen LogP contribution in [0, 0.1) is 6.92 Å². The number of hydrogen-bond acceptors (Lipinski definition) is 9. The molecule has 0 aliphatic rings. The average molecular weight is 423 g/mol. The van der Waals surface area contributed by atoms with Crippen molar-refractivity contribution in [1.82, 2.24) is 14.8 Å². The molecule has 0 aromatic carbocycles. The zero-order valence-electron chi connectivity index (χ0n) is 17.1. The summed E-state index contributed by atoms with van der Waals surface area (Å²) in [6.45, 7) is 8.37. The van der Waals surface area contributed by atoms with E-state index in [1.54, 1.807) is 13.8 Å². The first-order valence-corrected chi connectivity index (χ1v) is 10.2. The first-order valence-electron chi connectivity index (χ1n) is 9.22. The van der Waals surface area contributed by atoms with Crippen LogP contribution >= 0.6 is 11.8 Å². The fourth-order valence-electron chi connectivity index (χ4n) is 2.94. The van der Waals surface area contributed by atoms with Gasteiger partial charge in [0, 0.05) is 0 Å². The monoisotopic (exact) mass is 423 g/mol. The summed E-state index contributed by atoms with van der Waals surface area (Å²) in [5, 5.41) is 11.0. The lowest BCUT2D eigenvalue weighted by atomic mass is 10.1. The fraction of sp³-hybridized carbons (Fsp3) is 0.500. The molecule has 2 rings (SSSR count). The van der Waals surface area contributed by atoms with Gasteiger partial charge in [-0.2, -0.15) is 0 Å². The van der Waals surface area contributed by atoms with Gasteiger partial charge in [0.15, 0.2) is 10.9 Å². The Morgan fingerprint density at radius 1 is 1.24 bits per heavy atom. The van der Waals surface area contributed by atoms with Gasteiger partial charge in [-0.1, -0.05) is 25.6 Å². The number of nitrogens with zero attached hydrogens (tertiary/aromatic N) is 3. The highest BCUT2D eigenvalue weighted by atomic mass is 32.2. The molecule has 29 heavy (non-hydrogen) atoms. The number of esters is 1. The van der Waals surface area contributed by atoms with Crippen molar-refractivity contribution in [3.05, 3.63) is 16.9 Å². The lowest BCUT2D eigenvalue weighted by molar-refractivity contribution is -0.119. The van der Waals surface area contributed by atoms with Crippen molar-refractivity contribution in [2.75, 3.05) is 23.4 Å². The molecule has 3 N–H and O–H groups in total. The lowest BCUT2D eigenvalue weighted by Gasteiger charge is -2.18. The Bertz CT molecular complexity index is 920. The van der Waals surface area contributed by atoms with Crippen molar-refractivity contribution in [1.29, 1.82) is 0 Å². The van der Waals surface area contributed by atoms with Crippen molar-refractivity contribution in [2.24, 2.45) is 0 Å². The quantitative estimate of drug-likeness (QED) is 0.353. The van der Waals surface area contributed by atoms with E-state index in [0.717, 1.165) is 5.75 Å². The summed E-state index contributed by atoms with van der Waals surface area (Å²) in [6.07, 6.45) is 0.388. The number of amides is 1. The van der Waals surface area contributed by atoms with Crippen LogP contribution in [0.25, 0.3) is 0 Å². The highest BCUT2D eigenvalue weighted by molar-refractivity contribution is 7.99. The second-order valence-corrected chi connectivity index (χ2v) is 7.30. The molecule has 2 heterocycles. The van der Waals surface area contributed by atoms with E-state index in [9.17, 15) is 14.4 Å². The van der Waals surface area contributed by atoms with Gasteiger partial charge in [0.1, 0.15) is 17.4 Å². The Morgan fingerprint density at radius 2 is 1.93 bits per heavy atom. The second-order valence-electron chi connectivity index (χ2n) is 6.07. The Balaban J connectivity index is 2.44. The van der Waals surface area contributed by atoms with E-state index in [4.69, 9.17) is 14.9 Å². The molecule has 1 atom stereocenters. The first-order chi connectivity index (χ1) is 13.8. The van der Waals surface area contributed by atoms with Crippen LogP contribution in [-0.2, 0) is 9.53 Å². The molecule has 1 unspecified atom stereocenters. The molecule has 2 aromatic rings. The third-order valence-corrected chi connectivity index (χ3v) is 4.94. The number of carbonyl (C=O) groups excluding carboxylic acids is 3. The predicted molar refractivity (Wildman–Crippen MR) is 108 cm³/mol. The van der Waals surface area contributed by atoms with Crippen molar-refractivity contribution >= 4 is 41.3 Å². The number of aryl methyl sites for hydroxylation is 1. The van der Waals surface area contributed by atoms with Crippen LogP contribution in [0.4, 0.5) is 11.8 Å². The Morgan fingerprint density at radius 3 is 2.48 bits per heavy atom. The SMILES string of the molecule is CCOC(=O)c1c(NC(=O)C(CC)n2c(N)nnc2SCC)oc(C)c1C(C)=O. The molecule has 0 spiro atoms. The number of thioether (sulfide) groups is 1. The number of Topliss-reactive ketones (excluding diaryl/α,β-unsaturated/α-hetero) is 1. The average Bonchev–Trinajstić information content (AvgIpc) is 3.17. The lowest BCUT2D eigenvalue weighted by Crippen LogP contribution is -2.27. The molecule has 0 radical (unpaired) electrons. The van der Waals surface area contributed by atoms with Gasteiger partial charge in [-0.05, 0) is 32.9 Å². The predicted octanol–water partition coefficient (Wildman–Crippen LogP) is 2.84.